The van der Waals surface area contributed by atoms with Crippen LogP contribution in [0.5, 0.6) is 0 Å². The van der Waals surface area contributed by atoms with Crippen LogP contribution >= 0.6 is 0 Å². The summed E-state index contributed by atoms with van der Waals surface area (Å²) in [5, 5.41) is 9.80. The van der Waals surface area contributed by atoms with Crippen molar-refractivity contribution in [3.05, 3.63) is 35.9 Å². The number of benzene rings is 1. The molecule has 1 heterocycles. The lowest BCUT2D eigenvalue weighted by molar-refractivity contribution is -0.144. The summed E-state index contributed by atoms with van der Waals surface area (Å²) in [4.78, 5) is 28.6. The first-order valence-corrected chi connectivity index (χ1v) is 7.89. The molecule has 1 aromatic rings. The summed E-state index contributed by atoms with van der Waals surface area (Å²) in [6.07, 6.45) is 1.25. The topological polar surface area (TPSA) is 79.5 Å². The Balaban J connectivity index is 1.72. The molecule has 0 aromatic heterocycles. The third kappa shape index (κ3) is 2.09. The Morgan fingerprint density at radius 3 is 2.78 bits per heavy atom. The Hall–Kier alpha value is -2.48. The summed E-state index contributed by atoms with van der Waals surface area (Å²) in [5.74, 6) is -0.260. The highest BCUT2D eigenvalue weighted by molar-refractivity contribution is 6.37. The molecular weight excluding hydrogens is 292 g/mol. The number of esters is 1. The molecule has 116 valence electrons. The van der Waals surface area contributed by atoms with Crippen molar-refractivity contribution in [3.63, 3.8) is 0 Å². The SMILES string of the molecule is N#C[C@]12N=C(Cc3ccccc3)C(=O)O[C@H]1C[C@H]1CC(=O)C[C@H]12. The van der Waals surface area contributed by atoms with Gasteiger partial charge in [0.15, 0.2) is 5.54 Å². The molecule has 0 amide bonds. The molecule has 0 saturated heterocycles. The number of ketones is 1. The molecule has 4 atom stereocenters. The quantitative estimate of drug-likeness (QED) is 0.781. The molecule has 1 aromatic carbocycles. The Morgan fingerprint density at radius 2 is 2.04 bits per heavy atom. The number of Topliss-reactive ketones (excluding diaryl/α,β-unsaturated/α-hetero) is 1. The van der Waals surface area contributed by atoms with Crippen molar-refractivity contribution in [3.8, 4) is 6.07 Å². The Labute approximate surface area is 134 Å². The lowest BCUT2D eigenvalue weighted by Gasteiger charge is -2.33. The third-order valence-corrected chi connectivity index (χ3v) is 5.28. The molecule has 23 heavy (non-hydrogen) atoms. The maximum absolute atomic E-state index is 12.3. The van der Waals surface area contributed by atoms with Gasteiger partial charge in [0.1, 0.15) is 17.6 Å². The predicted octanol–water partition coefficient (Wildman–Crippen LogP) is 1.86. The molecule has 0 bridgehead atoms. The first-order valence-electron chi connectivity index (χ1n) is 7.89. The van der Waals surface area contributed by atoms with Gasteiger partial charge in [-0.15, -0.1) is 0 Å². The standard InChI is InChI=1S/C18H16N2O3/c19-10-18-14-9-13(21)7-12(14)8-16(18)23-17(22)15(20-18)6-11-4-2-1-3-5-11/h1-5,12,14,16H,6-9H2/t12-,14-,16+,18-/m1/s1. The van der Waals surface area contributed by atoms with Gasteiger partial charge >= 0.3 is 5.97 Å². The van der Waals surface area contributed by atoms with E-state index in [-0.39, 0.29) is 23.3 Å². The second-order valence-corrected chi connectivity index (χ2v) is 6.60. The van der Waals surface area contributed by atoms with E-state index in [9.17, 15) is 14.9 Å². The summed E-state index contributed by atoms with van der Waals surface area (Å²) in [7, 11) is 0. The van der Waals surface area contributed by atoms with Crippen LogP contribution in [0.1, 0.15) is 24.8 Å². The van der Waals surface area contributed by atoms with E-state index in [4.69, 9.17) is 4.74 Å². The number of carbonyl (C=O) groups excluding carboxylic acids is 2. The van der Waals surface area contributed by atoms with E-state index in [0.717, 1.165) is 5.56 Å². The van der Waals surface area contributed by atoms with E-state index in [1.165, 1.54) is 0 Å². The van der Waals surface area contributed by atoms with E-state index in [1.54, 1.807) is 0 Å². The smallest absolute Gasteiger partial charge is 0.353 e. The van der Waals surface area contributed by atoms with Gasteiger partial charge in [-0.25, -0.2) is 4.79 Å². The van der Waals surface area contributed by atoms with Gasteiger partial charge in [-0.3, -0.25) is 9.79 Å². The molecule has 2 saturated carbocycles. The van der Waals surface area contributed by atoms with E-state index in [0.29, 0.717) is 25.7 Å². The lowest BCUT2D eigenvalue weighted by Crippen LogP contribution is -2.49. The Kier molecular flexibility index (Phi) is 3.08. The first kappa shape index (κ1) is 14.1. The molecular formula is C18H16N2O3. The molecule has 0 radical (unpaired) electrons. The van der Waals surface area contributed by atoms with Crippen molar-refractivity contribution in [2.75, 3.05) is 0 Å². The van der Waals surface area contributed by atoms with Crippen molar-refractivity contribution in [1.82, 2.24) is 0 Å². The average Bonchev–Trinajstić information content (AvgIpc) is 3.04. The van der Waals surface area contributed by atoms with Gasteiger partial charge in [-0.2, -0.15) is 5.26 Å². The van der Waals surface area contributed by atoms with E-state index in [1.807, 2.05) is 30.3 Å². The van der Waals surface area contributed by atoms with Gasteiger partial charge in [0, 0.05) is 25.2 Å². The number of ether oxygens (including phenoxy) is 1. The zero-order valence-corrected chi connectivity index (χ0v) is 12.6. The van der Waals surface area contributed by atoms with Crippen LogP contribution < -0.4 is 0 Å². The van der Waals surface area contributed by atoms with Crippen LogP contribution in [0.3, 0.4) is 0 Å². The minimum atomic E-state index is -1.07. The molecule has 4 rings (SSSR count). The normalized spacial score (nSPS) is 35.1. The summed E-state index contributed by atoms with van der Waals surface area (Å²) in [6.45, 7) is 0. The van der Waals surface area contributed by atoms with Gasteiger partial charge in [0.2, 0.25) is 0 Å². The highest BCUT2D eigenvalue weighted by atomic mass is 16.5. The van der Waals surface area contributed by atoms with Crippen LogP contribution in [0.4, 0.5) is 0 Å². The number of fused-ring (bicyclic) bond motifs is 3. The molecule has 0 N–H and O–H groups in total. The van der Waals surface area contributed by atoms with Crippen LogP contribution in [0, 0.1) is 23.2 Å². The summed E-state index contributed by atoms with van der Waals surface area (Å²) in [6, 6.07) is 11.8. The molecule has 0 spiro atoms. The fourth-order valence-electron chi connectivity index (χ4n) is 4.23. The molecule has 2 aliphatic carbocycles. The largest absolute Gasteiger partial charge is 0.454 e. The van der Waals surface area contributed by atoms with E-state index >= 15 is 0 Å². The number of hydrogen-bond acceptors (Lipinski definition) is 5. The number of nitrogens with zero attached hydrogens (tertiary/aromatic N) is 2. The summed E-state index contributed by atoms with van der Waals surface area (Å²) >= 11 is 0. The van der Waals surface area contributed by atoms with Crippen molar-refractivity contribution in [1.29, 1.82) is 5.26 Å². The third-order valence-electron chi connectivity index (χ3n) is 5.28. The highest BCUT2D eigenvalue weighted by Gasteiger charge is 2.62. The monoisotopic (exact) mass is 308 g/mol. The summed E-state index contributed by atoms with van der Waals surface area (Å²) in [5.41, 5.74) is 0.162. The molecule has 5 nitrogen and oxygen atoms in total. The second kappa shape index (κ2) is 5.02. The van der Waals surface area contributed by atoms with Crippen LogP contribution in [-0.4, -0.2) is 29.1 Å². The number of rotatable bonds is 2. The predicted molar refractivity (Wildman–Crippen MR) is 81.6 cm³/mol. The van der Waals surface area contributed by atoms with Crippen LogP contribution in [-0.2, 0) is 20.7 Å². The van der Waals surface area contributed by atoms with E-state index in [2.05, 4.69) is 11.1 Å². The van der Waals surface area contributed by atoms with Gasteiger partial charge in [0.05, 0.1) is 6.07 Å². The Morgan fingerprint density at radius 1 is 1.26 bits per heavy atom. The second-order valence-electron chi connectivity index (χ2n) is 6.60. The minimum absolute atomic E-state index is 0.111. The van der Waals surface area contributed by atoms with Crippen LogP contribution in [0.25, 0.3) is 0 Å². The summed E-state index contributed by atoms with van der Waals surface area (Å²) < 4.78 is 5.56. The van der Waals surface area contributed by atoms with Gasteiger partial charge < -0.3 is 4.74 Å². The van der Waals surface area contributed by atoms with Crippen LogP contribution in [0.2, 0.25) is 0 Å². The van der Waals surface area contributed by atoms with Gasteiger partial charge in [0.25, 0.3) is 0 Å². The zero-order valence-electron chi connectivity index (χ0n) is 12.6. The van der Waals surface area contributed by atoms with Crippen LogP contribution in [0.15, 0.2) is 35.3 Å². The first-order chi connectivity index (χ1) is 11.1. The molecule has 1 aliphatic heterocycles. The van der Waals surface area contributed by atoms with Gasteiger partial charge in [-0.05, 0) is 17.9 Å². The fourth-order valence-corrected chi connectivity index (χ4v) is 4.23. The van der Waals surface area contributed by atoms with Crippen molar-refractivity contribution in [2.24, 2.45) is 16.8 Å². The fraction of sp³-hybridized carbons (Fsp3) is 0.444. The molecule has 5 heteroatoms. The number of carbonyl (C=O) groups is 2. The highest BCUT2D eigenvalue weighted by Crippen LogP contribution is 2.52. The maximum Gasteiger partial charge on any atom is 0.353 e. The average molecular weight is 308 g/mol. The van der Waals surface area contributed by atoms with Crippen molar-refractivity contribution >= 4 is 17.5 Å². The number of nitriles is 1. The minimum Gasteiger partial charge on any atom is -0.454 e. The number of hydrogen-bond donors (Lipinski definition) is 0. The molecule has 0 unspecified atom stereocenters. The lowest BCUT2D eigenvalue weighted by atomic mass is 9.84. The van der Waals surface area contributed by atoms with E-state index < -0.39 is 17.6 Å². The number of aliphatic imine (C=N–C) groups is 1. The Bertz CT molecular complexity index is 749. The zero-order chi connectivity index (χ0) is 16.0. The van der Waals surface area contributed by atoms with Gasteiger partial charge in [-0.1, -0.05) is 30.3 Å². The molecule has 3 aliphatic rings. The van der Waals surface area contributed by atoms with Crippen molar-refractivity contribution in [2.45, 2.75) is 37.3 Å². The maximum atomic E-state index is 12.3. The molecule has 2 fully saturated rings. The van der Waals surface area contributed by atoms with Crippen molar-refractivity contribution < 1.29 is 14.3 Å².